The van der Waals surface area contributed by atoms with Crippen LogP contribution in [0, 0.1) is 5.92 Å². The summed E-state index contributed by atoms with van der Waals surface area (Å²) in [5.41, 5.74) is 5.14. The van der Waals surface area contributed by atoms with Gasteiger partial charge in [-0.15, -0.1) is 0 Å². The van der Waals surface area contributed by atoms with Gasteiger partial charge in [-0.25, -0.2) is 9.78 Å². The SMILES string of the molecule is CC(C)OC(=O)N1CCN(C2c3ccc(Cl)cc3C(C(NC(=O)C3CC3)c3cncn3C)=CC3=CC=CN[C@@H]32)CC1. The fraction of sp³-hybridized carbons (Fsp3) is 0.452. The summed E-state index contributed by atoms with van der Waals surface area (Å²) in [7, 11) is 1.95. The van der Waals surface area contributed by atoms with Crippen LogP contribution >= 0.6 is 11.6 Å². The summed E-state index contributed by atoms with van der Waals surface area (Å²) < 4.78 is 7.42. The van der Waals surface area contributed by atoms with E-state index in [0.717, 1.165) is 40.8 Å². The molecule has 1 saturated carbocycles. The molecule has 4 aliphatic rings. The van der Waals surface area contributed by atoms with Crippen LogP contribution in [0.3, 0.4) is 0 Å². The summed E-state index contributed by atoms with van der Waals surface area (Å²) >= 11 is 6.66. The summed E-state index contributed by atoms with van der Waals surface area (Å²) in [6.07, 6.45) is 13.4. The molecule has 0 radical (unpaired) electrons. The molecule has 2 unspecified atom stereocenters. The normalized spacial score (nSPS) is 23.0. The fourth-order valence-corrected chi connectivity index (χ4v) is 6.24. The van der Waals surface area contributed by atoms with Crippen molar-refractivity contribution in [2.24, 2.45) is 13.0 Å². The van der Waals surface area contributed by atoms with E-state index in [2.05, 4.69) is 38.7 Å². The Hall–Kier alpha value is -3.56. The number of nitrogens with zero attached hydrogens (tertiary/aromatic N) is 4. The molecule has 6 rings (SSSR count). The largest absolute Gasteiger partial charge is 0.447 e. The molecule has 216 valence electrons. The summed E-state index contributed by atoms with van der Waals surface area (Å²) in [5, 5.41) is 7.61. The van der Waals surface area contributed by atoms with Crippen molar-refractivity contribution in [3.8, 4) is 0 Å². The van der Waals surface area contributed by atoms with Gasteiger partial charge in [0.15, 0.2) is 0 Å². The minimum Gasteiger partial charge on any atom is -0.447 e. The molecule has 2 aliphatic heterocycles. The zero-order valence-electron chi connectivity index (χ0n) is 23.7. The Morgan fingerprint density at radius 2 is 1.95 bits per heavy atom. The van der Waals surface area contributed by atoms with Gasteiger partial charge in [0.2, 0.25) is 5.91 Å². The first-order valence-corrected chi connectivity index (χ1v) is 14.8. The van der Waals surface area contributed by atoms with Gasteiger partial charge in [-0.2, -0.15) is 0 Å². The Kier molecular flexibility index (Phi) is 7.66. The molecule has 9 nitrogen and oxygen atoms in total. The molecule has 0 spiro atoms. The van der Waals surface area contributed by atoms with Gasteiger partial charge < -0.3 is 24.8 Å². The Morgan fingerprint density at radius 1 is 1.17 bits per heavy atom. The van der Waals surface area contributed by atoms with Gasteiger partial charge in [-0.05, 0) is 73.4 Å². The highest BCUT2D eigenvalue weighted by Crippen LogP contribution is 2.44. The molecule has 2 aliphatic carbocycles. The third-order valence-corrected chi connectivity index (χ3v) is 8.54. The number of imidazole rings is 1. The van der Waals surface area contributed by atoms with E-state index in [1.165, 1.54) is 0 Å². The van der Waals surface area contributed by atoms with Gasteiger partial charge in [0.25, 0.3) is 0 Å². The molecule has 10 heteroatoms. The average molecular weight is 577 g/mol. The number of hydrogen-bond acceptors (Lipinski definition) is 6. The lowest BCUT2D eigenvalue weighted by atomic mass is 9.88. The second-order valence-corrected chi connectivity index (χ2v) is 12.0. The highest BCUT2D eigenvalue weighted by atomic mass is 35.5. The fourth-order valence-electron chi connectivity index (χ4n) is 6.07. The molecule has 1 aromatic carbocycles. The predicted molar refractivity (Wildman–Crippen MR) is 158 cm³/mol. The van der Waals surface area contributed by atoms with E-state index in [0.29, 0.717) is 31.2 Å². The molecule has 2 aromatic rings. The number of aromatic nitrogens is 2. The van der Waals surface area contributed by atoms with Crippen LogP contribution in [-0.2, 0) is 16.6 Å². The maximum Gasteiger partial charge on any atom is 0.410 e. The Morgan fingerprint density at radius 3 is 2.63 bits per heavy atom. The molecule has 1 aromatic heterocycles. The van der Waals surface area contributed by atoms with Gasteiger partial charge in [0.05, 0.1) is 42.4 Å². The van der Waals surface area contributed by atoms with E-state index in [-0.39, 0.29) is 36.1 Å². The van der Waals surface area contributed by atoms with E-state index in [9.17, 15) is 9.59 Å². The van der Waals surface area contributed by atoms with E-state index in [4.69, 9.17) is 16.3 Å². The summed E-state index contributed by atoms with van der Waals surface area (Å²) in [5.74, 6) is 0.131. The van der Waals surface area contributed by atoms with E-state index >= 15 is 0 Å². The number of carbonyl (C=O) groups is 2. The third-order valence-electron chi connectivity index (χ3n) is 8.30. The Labute approximate surface area is 245 Å². The van der Waals surface area contributed by atoms with Crippen molar-refractivity contribution < 1.29 is 14.3 Å². The first kappa shape index (κ1) is 27.6. The molecular weight excluding hydrogens is 540 g/mol. The number of piperazine rings is 1. The van der Waals surface area contributed by atoms with Gasteiger partial charge in [-0.1, -0.05) is 29.8 Å². The highest BCUT2D eigenvalue weighted by molar-refractivity contribution is 6.30. The minimum atomic E-state index is -0.401. The van der Waals surface area contributed by atoms with Gasteiger partial charge in [0.1, 0.15) is 0 Å². The van der Waals surface area contributed by atoms with Crippen molar-refractivity contribution in [2.45, 2.75) is 50.9 Å². The Balaban J connectivity index is 1.41. The number of amides is 2. The van der Waals surface area contributed by atoms with Crippen molar-refractivity contribution in [2.75, 3.05) is 26.2 Å². The average Bonchev–Trinajstić information content (AvgIpc) is 3.74. The summed E-state index contributed by atoms with van der Waals surface area (Å²) in [4.78, 5) is 34.4. The zero-order valence-corrected chi connectivity index (χ0v) is 24.5. The van der Waals surface area contributed by atoms with Gasteiger partial charge >= 0.3 is 6.09 Å². The molecule has 2 amide bonds. The molecule has 3 heterocycles. The van der Waals surface area contributed by atoms with Crippen molar-refractivity contribution in [1.29, 1.82) is 0 Å². The smallest absolute Gasteiger partial charge is 0.410 e. The van der Waals surface area contributed by atoms with Crippen molar-refractivity contribution in [3.63, 3.8) is 0 Å². The van der Waals surface area contributed by atoms with Crippen molar-refractivity contribution in [3.05, 3.63) is 82.6 Å². The minimum absolute atomic E-state index is 0.0261. The second-order valence-electron chi connectivity index (χ2n) is 11.5. The van der Waals surface area contributed by atoms with Crippen LogP contribution < -0.4 is 10.6 Å². The van der Waals surface area contributed by atoms with Crippen molar-refractivity contribution in [1.82, 2.24) is 30.0 Å². The number of aryl methyl sites for hydroxylation is 1. The van der Waals surface area contributed by atoms with E-state index in [1.807, 2.05) is 56.1 Å². The molecular formula is C31H37ClN6O3. The van der Waals surface area contributed by atoms with Crippen LogP contribution in [0.2, 0.25) is 5.02 Å². The first-order chi connectivity index (χ1) is 19.8. The number of benzene rings is 1. The monoisotopic (exact) mass is 576 g/mol. The molecule has 0 bridgehead atoms. The van der Waals surface area contributed by atoms with Crippen molar-refractivity contribution >= 4 is 29.2 Å². The molecule has 41 heavy (non-hydrogen) atoms. The number of dihydropyridines is 1. The maximum atomic E-state index is 13.2. The second kappa shape index (κ2) is 11.4. The molecule has 1 saturated heterocycles. The molecule has 2 N–H and O–H groups in total. The van der Waals surface area contributed by atoms with E-state index in [1.54, 1.807) is 11.2 Å². The van der Waals surface area contributed by atoms with Crippen LogP contribution in [0.1, 0.15) is 55.6 Å². The van der Waals surface area contributed by atoms with E-state index < -0.39 is 6.04 Å². The summed E-state index contributed by atoms with van der Waals surface area (Å²) in [6, 6.07) is 5.61. The maximum absolute atomic E-state index is 13.2. The topological polar surface area (TPSA) is 91.7 Å². The van der Waals surface area contributed by atoms with Gasteiger partial charge in [-0.3, -0.25) is 9.69 Å². The quantitative estimate of drug-likeness (QED) is 0.531. The lowest BCUT2D eigenvalue weighted by molar-refractivity contribution is -0.122. The third kappa shape index (κ3) is 5.65. The number of nitrogens with one attached hydrogen (secondary N) is 2. The zero-order chi connectivity index (χ0) is 28.7. The predicted octanol–water partition coefficient (Wildman–Crippen LogP) is 4.35. The van der Waals surface area contributed by atoms with Gasteiger partial charge in [0, 0.05) is 44.2 Å². The lowest BCUT2D eigenvalue weighted by Crippen LogP contribution is -2.53. The first-order valence-electron chi connectivity index (χ1n) is 14.4. The van der Waals surface area contributed by atoms with Crippen LogP contribution in [0.25, 0.3) is 5.57 Å². The van der Waals surface area contributed by atoms with Crippen LogP contribution in [0.4, 0.5) is 4.79 Å². The number of carbonyl (C=O) groups excluding carboxylic acids is 2. The number of allylic oxidation sites excluding steroid dienone is 2. The summed E-state index contributed by atoms with van der Waals surface area (Å²) in [6.45, 7) is 6.31. The Bertz CT molecular complexity index is 1420. The highest BCUT2D eigenvalue weighted by Gasteiger charge is 2.40. The van der Waals surface area contributed by atoms with Crippen LogP contribution in [-0.4, -0.2) is 69.7 Å². The van der Waals surface area contributed by atoms with Crippen LogP contribution in [0.15, 0.2) is 60.7 Å². The number of halogens is 1. The molecule has 3 atom stereocenters. The lowest BCUT2D eigenvalue weighted by Gasteiger charge is -2.43. The number of fused-ring (bicyclic) bond motifs is 2. The standard InChI is InChI=1S/C31H37ClN6O3/c1-19(2)41-31(40)38-13-11-37(12-14-38)29-23-9-8-22(32)16-24(23)25(15-21-5-4-10-34-27(21)29)28(26-17-33-18-36(26)3)35-30(39)20-6-7-20/h4-5,8-10,15-20,27-29,34H,6-7,11-14H2,1-3H3,(H,35,39)/t27-,28?,29?/m0/s1. The number of hydrogen-bond donors (Lipinski definition) is 2. The number of ether oxygens (including phenoxy) is 1. The molecule has 2 fully saturated rings. The van der Waals surface area contributed by atoms with Crippen LogP contribution in [0.5, 0.6) is 0 Å². The number of rotatable bonds is 6.